The van der Waals surface area contributed by atoms with Crippen molar-refractivity contribution >= 4 is 22.7 Å². The van der Waals surface area contributed by atoms with Crippen LogP contribution in [0.2, 0.25) is 0 Å². The van der Waals surface area contributed by atoms with Crippen molar-refractivity contribution in [1.29, 1.82) is 0 Å². The average Bonchev–Trinajstić information content (AvgIpc) is 3.02. The third kappa shape index (κ3) is 3.45. The number of amides is 1. The number of aromatic nitrogens is 1. The number of fused-ring (bicyclic) bond motifs is 1. The summed E-state index contributed by atoms with van der Waals surface area (Å²) in [6.07, 6.45) is 2.52. The number of carbonyl (C=O) groups excluding carboxylic acids is 1. The molecule has 2 aromatic rings. The van der Waals surface area contributed by atoms with E-state index in [1.807, 2.05) is 45.2 Å². The van der Waals surface area contributed by atoms with Crippen LogP contribution in [0.5, 0.6) is 0 Å². The van der Waals surface area contributed by atoms with Gasteiger partial charge in [0.2, 0.25) is 0 Å². The van der Waals surface area contributed by atoms with E-state index in [9.17, 15) is 4.79 Å². The van der Waals surface area contributed by atoms with Crippen LogP contribution in [0.1, 0.15) is 27.2 Å². The van der Waals surface area contributed by atoms with E-state index in [1.54, 1.807) is 4.90 Å². The molecule has 0 N–H and O–H groups in total. The van der Waals surface area contributed by atoms with Crippen molar-refractivity contribution < 1.29 is 9.53 Å². The number of pyridine rings is 1. The van der Waals surface area contributed by atoms with Gasteiger partial charge < -0.3 is 14.5 Å². The van der Waals surface area contributed by atoms with Gasteiger partial charge in [0.25, 0.3) is 0 Å². The molecule has 1 saturated heterocycles. The molecule has 0 bridgehead atoms. The van der Waals surface area contributed by atoms with Crippen LogP contribution in [-0.4, -0.2) is 47.8 Å². The Kier molecular flexibility index (Phi) is 4.35. The van der Waals surface area contributed by atoms with Crippen LogP contribution in [0.3, 0.4) is 0 Å². The summed E-state index contributed by atoms with van der Waals surface area (Å²) in [5, 5.41) is 1.14. The first-order chi connectivity index (χ1) is 11.3. The van der Waals surface area contributed by atoms with E-state index in [1.165, 1.54) is 0 Å². The van der Waals surface area contributed by atoms with Crippen molar-refractivity contribution in [3.05, 3.63) is 36.5 Å². The van der Waals surface area contributed by atoms with E-state index in [0.29, 0.717) is 6.54 Å². The van der Waals surface area contributed by atoms with Gasteiger partial charge in [0, 0.05) is 43.4 Å². The second-order valence-electron chi connectivity index (χ2n) is 7.33. The van der Waals surface area contributed by atoms with E-state index in [2.05, 4.69) is 29.1 Å². The number of rotatable bonds is 2. The SMILES string of the molecule is CN(c1cccc2ncccc12)[C@H]1CCN(C(=O)OC(C)(C)C)C1. The summed E-state index contributed by atoms with van der Waals surface area (Å²) in [5.74, 6) is 0. The third-order valence-electron chi connectivity index (χ3n) is 4.37. The number of hydrogen-bond donors (Lipinski definition) is 0. The van der Waals surface area contributed by atoms with Gasteiger partial charge in [-0.15, -0.1) is 0 Å². The average molecular weight is 327 g/mol. The second-order valence-corrected chi connectivity index (χ2v) is 7.33. The molecular weight excluding hydrogens is 302 g/mol. The molecule has 1 aromatic heterocycles. The van der Waals surface area contributed by atoms with Crippen molar-refractivity contribution in [2.75, 3.05) is 25.0 Å². The Morgan fingerprint density at radius 3 is 2.83 bits per heavy atom. The molecule has 1 fully saturated rings. The van der Waals surface area contributed by atoms with Gasteiger partial charge in [0.05, 0.1) is 5.52 Å². The van der Waals surface area contributed by atoms with Crippen LogP contribution in [0, 0.1) is 0 Å². The number of carbonyl (C=O) groups is 1. The molecule has 5 nitrogen and oxygen atoms in total. The van der Waals surface area contributed by atoms with Gasteiger partial charge in [-0.2, -0.15) is 0 Å². The maximum atomic E-state index is 12.3. The number of hydrogen-bond acceptors (Lipinski definition) is 4. The predicted octanol–water partition coefficient (Wildman–Crippen LogP) is 3.68. The molecule has 128 valence electrons. The monoisotopic (exact) mass is 327 g/mol. The zero-order chi connectivity index (χ0) is 17.3. The Labute approximate surface area is 143 Å². The molecule has 0 saturated carbocycles. The van der Waals surface area contributed by atoms with E-state index in [4.69, 9.17) is 4.74 Å². The van der Waals surface area contributed by atoms with Crippen LogP contribution in [-0.2, 0) is 4.74 Å². The lowest BCUT2D eigenvalue weighted by atomic mass is 10.1. The molecule has 1 aromatic carbocycles. The Balaban J connectivity index is 1.74. The molecule has 1 atom stereocenters. The van der Waals surface area contributed by atoms with E-state index in [-0.39, 0.29) is 12.1 Å². The molecule has 24 heavy (non-hydrogen) atoms. The summed E-state index contributed by atoms with van der Waals surface area (Å²) in [6.45, 7) is 7.10. The minimum atomic E-state index is -0.456. The van der Waals surface area contributed by atoms with Gasteiger partial charge in [-0.1, -0.05) is 6.07 Å². The number of benzene rings is 1. The second kappa shape index (κ2) is 6.30. The molecule has 1 aliphatic rings. The lowest BCUT2D eigenvalue weighted by molar-refractivity contribution is 0.0292. The van der Waals surface area contributed by atoms with Gasteiger partial charge in [0.15, 0.2) is 0 Å². The first-order valence-electron chi connectivity index (χ1n) is 8.40. The summed E-state index contributed by atoms with van der Waals surface area (Å²) in [4.78, 5) is 20.7. The summed E-state index contributed by atoms with van der Waals surface area (Å²) in [6, 6.07) is 10.5. The molecule has 0 spiro atoms. The minimum Gasteiger partial charge on any atom is -0.444 e. The van der Waals surface area contributed by atoms with Gasteiger partial charge in [0.1, 0.15) is 5.60 Å². The zero-order valence-electron chi connectivity index (χ0n) is 14.8. The van der Waals surface area contributed by atoms with E-state index in [0.717, 1.165) is 29.6 Å². The molecule has 3 rings (SSSR count). The molecule has 1 amide bonds. The number of ether oxygens (including phenoxy) is 1. The van der Waals surface area contributed by atoms with Crippen LogP contribution in [0.15, 0.2) is 36.5 Å². The van der Waals surface area contributed by atoms with Gasteiger partial charge in [-0.05, 0) is 51.5 Å². The summed E-state index contributed by atoms with van der Waals surface area (Å²) in [7, 11) is 2.09. The largest absolute Gasteiger partial charge is 0.444 e. The first kappa shape index (κ1) is 16.6. The quantitative estimate of drug-likeness (QED) is 0.844. The molecular formula is C19H25N3O2. The van der Waals surface area contributed by atoms with Crippen LogP contribution in [0.25, 0.3) is 10.9 Å². The highest BCUT2D eigenvalue weighted by molar-refractivity contribution is 5.91. The summed E-state index contributed by atoms with van der Waals surface area (Å²) < 4.78 is 5.48. The van der Waals surface area contributed by atoms with Gasteiger partial charge >= 0.3 is 6.09 Å². The molecule has 2 heterocycles. The maximum absolute atomic E-state index is 12.3. The maximum Gasteiger partial charge on any atom is 0.410 e. The topological polar surface area (TPSA) is 45.7 Å². The highest BCUT2D eigenvalue weighted by atomic mass is 16.6. The molecule has 5 heteroatoms. The fraction of sp³-hybridized carbons (Fsp3) is 0.474. The minimum absolute atomic E-state index is 0.224. The first-order valence-corrected chi connectivity index (χ1v) is 8.40. The highest BCUT2D eigenvalue weighted by Gasteiger charge is 2.32. The number of nitrogens with zero attached hydrogens (tertiary/aromatic N) is 3. The third-order valence-corrected chi connectivity index (χ3v) is 4.37. The number of likely N-dealkylation sites (N-methyl/N-ethyl adjacent to an activating group) is 1. The summed E-state index contributed by atoms with van der Waals surface area (Å²) >= 11 is 0. The molecule has 0 aliphatic carbocycles. The van der Waals surface area contributed by atoms with Crippen molar-refractivity contribution in [3.8, 4) is 0 Å². The normalized spacial score (nSPS) is 18.0. The van der Waals surface area contributed by atoms with Gasteiger partial charge in [-0.25, -0.2) is 4.79 Å². The van der Waals surface area contributed by atoms with Crippen LogP contribution < -0.4 is 4.90 Å². The van der Waals surface area contributed by atoms with Crippen LogP contribution in [0.4, 0.5) is 10.5 Å². The Bertz CT molecular complexity index is 733. The zero-order valence-corrected chi connectivity index (χ0v) is 14.8. The Morgan fingerprint density at radius 1 is 1.29 bits per heavy atom. The van der Waals surface area contributed by atoms with Crippen molar-refractivity contribution in [1.82, 2.24) is 9.88 Å². The lowest BCUT2D eigenvalue weighted by Crippen LogP contribution is -2.39. The summed E-state index contributed by atoms with van der Waals surface area (Å²) in [5.41, 5.74) is 1.68. The highest BCUT2D eigenvalue weighted by Crippen LogP contribution is 2.28. The van der Waals surface area contributed by atoms with Crippen molar-refractivity contribution in [3.63, 3.8) is 0 Å². The molecule has 0 radical (unpaired) electrons. The standard InChI is InChI=1S/C19H25N3O2/c1-19(2,3)24-18(23)22-12-10-14(13-22)21(4)17-9-5-8-16-15(17)7-6-11-20-16/h5-9,11,14H,10,12-13H2,1-4H3/t14-/m0/s1. The predicted molar refractivity (Wildman–Crippen MR) is 96.4 cm³/mol. The van der Waals surface area contributed by atoms with Gasteiger partial charge in [-0.3, -0.25) is 4.98 Å². The van der Waals surface area contributed by atoms with Crippen LogP contribution >= 0.6 is 0 Å². The number of likely N-dealkylation sites (tertiary alicyclic amines) is 1. The Morgan fingerprint density at radius 2 is 2.08 bits per heavy atom. The van der Waals surface area contributed by atoms with E-state index >= 15 is 0 Å². The molecule has 1 aliphatic heterocycles. The fourth-order valence-corrected chi connectivity index (χ4v) is 3.14. The number of anilines is 1. The molecule has 0 unspecified atom stereocenters. The van der Waals surface area contributed by atoms with E-state index < -0.39 is 5.60 Å². The van der Waals surface area contributed by atoms with Crippen molar-refractivity contribution in [2.24, 2.45) is 0 Å². The smallest absolute Gasteiger partial charge is 0.410 e. The van der Waals surface area contributed by atoms with Crippen molar-refractivity contribution in [2.45, 2.75) is 38.8 Å². The lowest BCUT2D eigenvalue weighted by Gasteiger charge is -2.28. The Hall–Kier alpha value is -2.30. The fourth-order valence-electron chi connectivity index (χ4n) is 3.14.